The number of amides is 3. The third kappa shape index (κ3) is 5.65. The molecule has 0 saturated heterocycles. The van der Waals surface area contributed by atoms with Gasteiger partial charge in [-0.05, 0) is 37.3 Å². The van der Waals surface area contributed by atoms with Gasteiger partial charge in [-0.1, -0.05) is 0 Å². The molecule has 12 heteroatoms. The van der Waals surface area contributed by atoms with E-state index in [2.05, 4.69) is 10.6 Å². The molecule has 1 aromatic carbocycles. The molecule has 0 radical (unpaired) electrons. The summed E-state index contributed by atoms with van der Waals surface area (Å²) in [7, 11) is 1.36. The Morgan fingerprint density at radius 3 is 2.56 bits per heavy atom. The predicted molar refractivity (Wildman–Crippen MR) is 115 cm³/mol. The van der Waals surface area contributed by atoms with Crippen LogP contribution in [0.2, 0.25) is 0 Å². The Hall–Kier alpha value is -4.48. The van der Waals surface area contributed by atoms with Crippen LogP contribution < -0.4 is 25.8 Å². The molecule has 2 heterocycles. The van der Waals surface area contributed by atoms with Gasteiger partial charge in [0.1, 0.15) is 18.4 Å². The fourth-order valence-corrected chi connectivity index (χ4v) is 3.13. The molecule has 1 aliphatic heterocycles. The van der Waals surface area contributed by atoms with Gasteiger partial charge in [0.2, 0.25) is 0 Å². The summed E-state index contributed by atoms with van der Waals surface area (Å²) in [5.41, 5.74) is 5.25. The number of esters is 2. The maximum absolute atomic E-state index is 12.6. The molecular weight excluding hydrogens is 450 g/mol. The molecule has 1 aliphatic rings. The number of ether oxygens (including phenoxy) is 4. The highest BCUT2D eigenvalue weighted by molar-refractivity contribution is 5.95. The Labute approximate surface area is 194 Å². The van der Waals surface area contributed by atoms with Crippen LogP contribution in [0.15, 0.2) is 52.3 Å². The highest BCUT2D eigenvalue weighted by atomic mass is 16.5. The molecular formula is C22H23N3O9. The zero-order valence-corrected chi connectivity index (χ0v) is 18.4. The lowest BCUT2D eigenvalue weighted by Crippen LogP contribution is -2.47. The second-order valence-corrected chi connectivity index (χ2v) is 6.86. The van der Waals surface area contributed by atoms with Crippen molar-refractivity contribution in [2.45, 2.75) is 13.0 Å². The second-order valence-electron chi connectivity index (χ2n) is 6.86. The van der Waals surface area contributed by atoms with Crippen LogP contribution in [0.1, 0.15) is 29.1 Å². The Kier molecular flexibility index (Phi) is 7.75. The van der Waals surface area contributed by atoms with Gasteiger partial charge in [-0.3, -0.25) is 4.79 Å². The molecule has 0 bridgehead atoms. The number of hydrogen-bond acceptors (Lipinski definition) is 9. The first-order valence-electron chi connectivity index (χ1n) is 10.1. The first-order chi connectivity index (χ1) is 16.3. The Bertz CT molecular complexity index is 1110. The van der Waals surface area contributed by atoms with Crippen molar-refractivity contribution in [1.29, 1.82) is 0 Å². The molecule has 34 heavy (non-hydrogen) atoms. The number of furan rings is 1. The lowest BCUT2D eigenvalue weighted by Gasteiger charge is -2.27. The van der Waals surface area contributed by atoms with E-state index in [9.17, 15) is 19.2 Å². The van der Waals surface area contributed by atoms with Crippen molar-refractivity contribution < 1.29 is 42.5 Å². The molecule has 0 fully saturated rings. The van der Waals surface area contributed by atoms with Crippen molar-refractivity contribution >= 4 is 23.9 Å². The molecule has 0 spiro atoms. The van der Waals surface area contributed by atoms with Crippen molar-refractivity contribution in [2.24, 2.45) is 5.73 Å². The van der Waals surface area contributed by atoms with Crippen LogP contribution in [0.25, 0.3) is 0 Å². The number of nitrogens with two attached hydrogens (primary N) is 1. The van der Waals surface area contributed by atoms with Crippen LogP contribution >= 0.6 is 0 Å². The number of hydrogen-bond donors (Lipinski definition) is 3. The minimum atomic E-state index is -0.932. The summed E-state index contributed by atoms with van der Waals surface area (Å²) in [5, 5.41) is 5.08. The zero-order chi connectivity index (χ0) is 24.7. The number of benzene rings is 1. The fraction of sp³-hybridized carbons (Fsp3) is 0.273. The highest BCUT2D eigenvalue weighted by Crippen LogP contribution is 2.30. The van der Waals surface area contributed by atoms with Crippen molar-refractivity contribution in [3.63, 3.8) is 0 Å². The monoisotopic (exact) mass is 473 g/mol. The largest absolute Gasteiger partial charge is 0.493 e. The fourth-order valence-electron chi connectivity index (χ4n) is 3.13. The SMILES string of the molecule is CCOC(=O)C1=C(COC(=O)c2ccc(OCC(N)=O)c(OC)c2)NC(=O)NC1c1ccco1. The van der Waals surface area contributed by atoms with E-state index in [-0.39, 0.29) is 41.5 Å². The summed E-state index contributed by atoms with van der Waals surface area (Å²) in [6.07, 6.45) is 1.40. The summed E-state index contributed by atoms with van der Waals surface area (Å²) in [4.78, 5) is 48.4. The molecule has 3 amide bonds. The van der Waals surface area contributed by atoms with Gasteiger partial charge in [-0.15, -0.1) is 0 Å². The normalized spacial score (nSPS) is 15.1. The van der Waals surface area contributed by atoms with Crippen LogP contribution in [0.3, 0.4) is 0 Å². The zero-order valence-electron chi connectivity index (χ0n) is 18.4. The van der Waals surface area contributed by atoms with E-state index < -0.39 is 36.5 Å². The second kappa shape index (κ2) is 10.9. The van der Waals surface area contributed by atoms with Gasteiger partial charge in [-0.2, -0.15) is 0 Å². The molecule has 12 nitrogen and oxygen atoms in total. The summed E-state index contributed by atoms with van der Waals surface area (Å²) in [6.45, 7) is 0.937. The Morgan fingerprint density at radius 2 is 1.91 bits per heavy atom. The molecule has 1 aromatic heterocycles. The van der Waals surface area contributed by atoms with E-state index in [4.69, 9.17) is 29.1 Å². The lowest BCUT2D eigenvalue weighted by atomic mass is 10.0. The van der Waals surface area contributed by atoms with E-state index in [1.165, 1.54) is 31.6 Å². The Balaban J connectivity index is 1.82. The van der Waals surface area contributed by atoms with Crippen LogP contribution in [0.5, 0.6) is 11.5 Å². The van der Waals surface area contributed by atoms with Gasteiger partial charge in [-0.25, -0.2) is 14.4 Å². The van der Waals surface area contributed by atoms with Gasteiger partial charge < -0.3 is 39.7 Å². The number of carbonyl (C=O) groups excluding carboxylic acids is 4. The van der Waals surface area contributed by atoms with Crippen LogP contribution in [0, 0.1) is 0 Å². The van der Waals surface area contributed by atoms with E-state index >= 15 is 0 Å². The third-order valence-corrected chi connectivity index (χ3v) is 4.59. The van der Waals surface area contributed by atoms with Crippen molar-refractivity contribution in [1.82, 2.24) is 10.6 Å². The summed E-state index contributed by atoms with van der Waals surface area (Å²) in [6, 6.07) is 5.82. The summed E-state index contributed by atoms with van der Waals surface area (Å²) >= 11 is 0. The first kappa shape index (κ1) is 24.2. The van der Waals surface area contributed by atoms with Gasteiger partial charge in [0.05, 0.1) is 36.8 Å². The van der Waals surface area contributed by atoms with Gasteiger partial charge in [0, 0.05) is 0 Å². The van der Waals surface area contributed by atoms with E-state index in [1.807, 2.05) is 0 Å². The number of urea groups is 1. The standard InChI is InChI=1S/C22H23N3O9/c1-3-31-21(28)18-13(24-22(29)25-19(18)15-5-4-8-32-15)10-34-20(27)12-6-7-14(16(9-12)30-2)33-11-17(23)26/h4-9,19H,3,10-11H2,1-2H3,(H2,23,26)(H2,24,25,29). The molecule has 180 valence electrons. The number of methoxy groups -OCH3 is 1. The summed E-state index contributed by atoms with van der Waals surface area (Å²) < 4.78 is 26.2. The molecule has 0 aliphatic carbocycles. The van der Waals surface area contributed by atoms with Gasteiger partial charge >= 0.3 is 18.0 Å². The van der Waals surface area contributed by atoms with E-state index in [0.717, 1.165) is 0 Å². The molecule has 1 atom stereocenters. The van der Waals surface area contributed by atoms with E-state index in [0.29, 0.717) is 5.76 Å². The average molecular weight is 473 g/mol. The predicted octanol–water partition coefficient (Wildman–Crippen LogP) is 1.18. The minimum absolute atomic E-state index is 0.0389. The van der Waals surface area contributed by atoms with Crippen LogP contribution in [-0.2, 0) is 19.1 Å². The van der Waals surface area contributed by atoms with Crippen LogP contribution in [0.4, 0.5) is 4.79 Å². The minimum Gasteiger partial charge on any atom is -0.493 e. The first-order valence-corrected chi connectivity index (χ1v) is 10.1. The third-order valence-electron chi connectivity index (χ3n) is 4.59. The van der Waals surface area contributed by atoms with E-state index in [1.54, 1.807) is 19.1 Å². The molecule has 4 N–H and O–H groups in total. The smallest absolute Gasteiger partial charge is 0.338 e. The molecule has 2 aromatic rings. The number of primary amides is 1. The van der Waals surface area contributed by atoms with Gasteiger partial charge in [0.25, 0.3) is 5.91 Å². The molecule has 1 unspecified atom stereocenters. The quantitative estimate of drug-likeness (QED) is 0.429. The molecule has 0 saturated carbocycles. The maximum Gasteiger partial charge on any atom is 0.338 e. The highest BCUT2D eigenvalue weighted by Gasteiger charge is 2.35. The lowest BCUT2D eigenvalue weighted by molar-refractivity contribution is -0.139. The molecule has 3 rings (SSSR count). The van der Waals surface area contributed by atoms with Gasteiger partial charge in [0.15, 0.2) is 18.1 Å². The number of nitrogens with one attached hydrogen (secondary N) is 2. The summed E-state index contributed by atoms with van der Waals surface area (Å²) in [5.74, 6) is -1.46. The number of carbonyl (C=O) groups is 4. The topological polar surface area (TPSA) is 168 Å². The number of rotatable bonds is 10. The van der Waals surface area contributed by atoms with Crippen molar-refractivity contribution in [3.05, 3.63) is 59.2 Å². The van der Waals surface area contributed by atoms with Crippen LogP contribution in [-0.4, -0.2) is 50.8 Å². The average Bonchev–Trinajstić information content (AvgIpc) is 3.35. The maximum atomic E-state index is 12.6. The van der Waals surface area contributed by atoms with Crippen molar-refractivity contribution in [2.75, 3.05) is 26.9 Å². The Morgan fingerprint density at radius 1 is 1.12 bits per heavy atom. The van der Waals surface area contributed by atoms with Crippen molar-refractivity contribution in [3.8, 4) is 11.5 Å².